The fraction of sp³-hybridized carbons (Fsp3) is 0.167. The molecule has 1 aliphatic heterocycles. The van der Waals surface area contributed by atoms with Crippen LogP contribution in [-0.2, 0) is 9.59 Å². The van der Waals surface area contributed by atoms with Crippen LogP contribution in [0.15, 0.2) is 29.4 Å². The van der Waals surface area contributed by atoms with Crippen LogP contribution in [0, 0.1) is 0 Å². The maximum absolute atomic E-state index is 11.7. The van der Waals surface area contributed by atoms with Crippen LogP contribution in [0.4, 0.5) is 0 Å². The quantitative estimate of drug-likeness (QED) is 0.513. The van der Waals surface area contributed by atoms with Gasteiger partial charge in [-0.25, -0.2) is 0 Å². The van der Waals surface area contributed by atoms with Gasteiger partial charge in [-0.2, -0.15) is 10.1 Å². The van der Waals surface area contributed by atoms with Gasteiger partial charge < -0.3 is 5.32 Å². The van der Waals surface area contributed by atoms with Crippen molar-refractivity contribution < 1.29 is 9.59 Å². The fourth-order valence-corrected chi connectivity index (χ4v) is 1.92. The lowest BCUT2D eigenvalue weighted by molar-refractivity contribution is -0.134. The minimum atomic E-state index is -0.443. The Labute approximate surface area is 120 Å². The first-order valence-electron chi connectivity index (χ1n) is 5.45. The van der Waals surface area contributed by atoms with E-state index in [1.165, 1.54) is 0 Å². The second-order valence-corrected chi connectivity index (χ2v) is 4.75. The molecule has 0 spiro atoms. The second kappa shape index (κ2) is 5.46. The van der Waals surface area contributed by atoms with Gasteiger partial charge in [-0.3, -0.25) is 9.59 Å². The zero-order valence-electron chi connectivity index (χ0n) is 10.0. The standard InChI is InChI=1S/C12H10ClN3O2S/c1-7(8-2-4-9(13)5-3-8)15-16-11(18)6-10(17)14-12(16)19/h2-5H,6H2,1H3,(H,14,17,19)/b15-7-. The van der Waals surface area contributed by atoms with Gasteiger partial charge in [0.25, 0.3) is 5.91 Å². The second-order valence-electron chi connectivity index (χ2n) is 3.93. The van der Waals surface area contributed by atoms with Gasteiger partial charge in [0, 0.05) is 5.02 Å². The summed E-state index contributed by atoms with van der Waals surface area (Å²) in [5, 5.41) is 8.17. The third-order valence-corrected chi connectivity index (χ3v) is 3.03. The first-order valence-corrected chi connectivity index (χ1v) is 6.24. The first-order chi connectivity index (χ1) is 8.97. The Morgan fingerprint density at radius 2 is 2.00 bits per heavy atom. The molecule has 0 aliphatic carbocycles. The van der Waals surface area contributed by atoms with Gasteiger partial charge in [-0.05, 0) is 36.8 Å². The molecule has 1 aliphatic rings. The van der Waals surface area contributed by atoms with Crippen molar-refractivity contribution in [1.29, 1.82) is 0 Å². The zero-order chi connectivity index (χ0) is 14.0. The lowest BCUT2D eigenvalue weighted by Gasteiger charge is -2.23. The lowest BCUT2D eigenvalue weighted by Crippen LogP contribution is -2.50. The van der Waals surface area contributed by atoms with Crippen molar-refractivity contribution in [3.63, 3.8) is 0 Å². The average Bonchev–Trinajstić information content (AvgIpc) is 2.34. The van der Waals surface area contributed by atoms with Crippen LogP contribution in [-0.4, -0.2) is 27.6 Å². The molecule has 98 valence electrons. The summed E-state index contributed by atoms with van der Waals surface area (Å²) in [6, 6.07) is 7.04. The van der Waals surface area contributed by atoms with Gasteiger partial charge in [0.2, 0.25) is 11.0 Å². The Balaban J connectivity index is 2.24. The Morgan fingerprint density at radius 3 is 2.58 bits per heavy atom. The van der Waals surface area contributed by atoms with E-state index in [1.54, 1.807) is 31.2 Å². The molecule has 1 aromatic carbocycles. The van der Waals surface area contributed by atoms with E-state index in [9.17, 15) is 9.59 Å². The minimum absolute atomic E-state index is 0.00503. The van der Waals surface area contributed by atoms with E-state index in [4.69, 9.17) is 23.8 Å². The van der Waals surface area contributed by atoms with Gasteiger partial charge >= 0.3 is 0 Å². The number of benzene rings is 1. The Bertz CT molecular complexity index is 563. The topological polar surface area (TPSA) is 61.8 Å². The zero-order valence-corrected chi connectivity index (χ0v) is 11.6. The molecule has 0 aromatic heterocycles. The molecule has 0 saturated carbocycles. The molecule has 5 nitrogen and oxygen atoms in total. The predicted octanol–water partition coefficient (Wildman–Crippen LogP) is 1.70. The van der Waals surface area contributed by atoms with Crippen molar-refractivity contribution in [2.75, 3.05) is 0 Å². The monoisotopic (exact) mass is 295 g/mol. The number of halogens is 1. The SMILES string of the molecule is C/C(=N/N1C(=O)CC(=O)NC1=S)c1ccc(Cl)cc1. The molecule has 0 radical (unpaired) electrons. The highest BCUT2D eigenvalue weighted by Gasteiger charge is 2.28. The normalized spacial score (nSPS) is 16.6. The summed E-state index contributed by atoms with van der Waals surface area (Å²) in [5.41, 5.74) is 1.42. The number of hydrazone groups is 1. The summed E-state index contributed by atoms with van der Waals surface area (Å²) < 4.78 is 0. The van der Waals surface area contributed by atoms with Gasteiger partial charge in [-0.1, -0.05) is 23.7 Å². The number of carbonyl (C=O) groups excluding carboxylic acids is 2. The van der Waals surface area contributed by atoms with Crippen molar-refractivity contribution in [3.8, 4) is 0 Å². The average molecular weight is 296 g/mol. The molecule has 1 saturated heterocycles. The number of carbonyl (C=O) groups is 2. The lowest BCUT2D eigenvalue weighted by atomic mass is 10.1. The molecule has 1 N–H and O–H groups in total. The number of hydrogen-bond acceptors (Lipinski definition) is 4. The highest BCUT2D eigenvalue weighted by Crippen LogP contribution is 2.12. The molecule has 7 heteroatoms. The number of nitrogens with zero attached hydrogens (tertiary/aromatic N) is 2. The maximum atomic E-state index is 11.7. The van der Waals surface area contributed by atoms with Crippen molar-refractivity contribution in [1.82, 2.24) is 10.3 Å². The molecule has 0 unspecified atom stereocenters. The van der Waals surface area contributed by atoms with Crippen LogP contribution in [0.2, 0.25) is 5.02 Å². The van der Waals surface area contributed by atoms with Crippen molar-refractivity contribution in [3.05, 3.63) is 34.9 Å². The van der Waals surface area contributed by atoms with Gasteiger partial charge in [0.1, 0.15) is 6.42 Å². The molecular formula is C12H10ClN3O2S. The minimum Gasteiger partial charge on any atom is -0.301 e. The molecule has 1 aromatic rings. The Hall–Kier alpha value is -1.79. The van der Waals surface area contributed by atoms with Crippen LogP contribution < -0.4 is 5.32 Å². The van der Waals surface area contributed by atoms with E-state index >= 15 is 0 Å². The molecule has 1 heterocycles. The third kappa shape index (κ3) is 3.15. The number of nitrogens with one attached hydrogen (secondary N) is 1. The van der Waals surface area contributed by atoms with E-state index < -0.39 is 11.8 Å². The van der Waals surface area contributed by atoms with Crippen LogP contribution in [0.5, 0.6) is 0 Å². The smallest absolute Gasteiger partial charge is 0.258 e. The highest BCUT2D eigenvalue weighted by molar-refractivity contribution is 7.80. The molecule has 2 amide bonds. The van der Waals surface area contributed by atoms with E-state index in [-0.39, 0.29) is 11.5 Å². The van der Waals surface area contributed by atoms with E-state index in [2.05, 4.69) is 10.4 Å². The van der Waals surface area contributed by atoms with Crippen molar-refractivity contribution >= 4 is 46.5 Å². The molecule has 0 atom stereocenters. The highest BCUT2D eigenvalue weighted by atomic mass is 35.5. The summed E-state index contributed by atoms with van der Waals surface area (Å²) in [4.78, 5) is 22.8. The van der Waals surface area contributed by atoms with Crippen LogP contribution >= 0.6 is 23.8 Å². The van der Waals surface area contributed by atoms with E-state index in [1.807, 2.05) is 0 Å². The maximum Gasteiger partial charge on any atom is 0.258 e. The molecule has 0 bridgehead atoms. The summed E-state index contributed by atoms with van der Waals surface area (Å²) in [7, 11) is 0. The fourth-order valence-electron chi connectivity index (χ4n) is 1.54. The summed E-state index contributed by atoms with van der Waals surface area (Å²) in [6.07, 6.45) is -0.252. The number of rotatable bonds is 2. The summed E-state index contributed by atoms with van der Waals surface area (Å²) >= 11 is 10.7. The van der Waals surface area contributed by atoms with E-state index in [0.29, 0.717) is 10.7 Å². The Morgan fingerprint density at radius 1 is 1.37 bits per heavy atom. The first kappa shape index (κ1) is 13.6. The molecular weight excluding hydrogens is 286 g/mol. The molecule has 1 fully saturated rings. The number of amides is 2. The van der Waals surface area contributed by atoms with Crippen LogP contribution in [0.3, 0.4) is 0 Å². The summed E-state index contributed by atoms with van der Waals surface area (Å²) in [6.45, 7) is 1.75. The van der Waals surface area contributed by atoms with Crippen LogP contribution in [0.25, 0.3) is 0 Å². The number of thiocarbonyl (C=S) groups is 1. The van der Waals surface area contributed by atoms with Gasteiger partial charge in [-0.15, -0.1) is 0 Å². The van der Waals surface area contributed by atoms with Gasteiger partial charge in [0.15, 0.2) is 0 Å². The van der Waals surface area contributed by atoms with Gasteiger partial charge in [0.05, 0.1) is 5.71 Å². The largest absolute Gasteiger partial charge is 0.301 e. The molecule has 19 heavy (non-hydrogen) atoms. The van der Waals surface area contributed by atoms with Crippen molar-refractivity contribution in [2.45, 2.75) is 13.3 Å². The Kier molecular flexibility index (Phi) is 3.92. The summed E-state index contributed by atoms with van der Waals surface area (Å²) in [5.74, 6) is -0.854. The van der Waals surface area contributed by atoms with Crippen LogP contribution in [0.1, 0.15) is 18.9 Å². The predicted molar refractivity (Wildman–Crippen MR) is 75.9 cm³/mol. The molecule has 2 rings (SSSR count). The van der Waals surface area contributed by atoms with Crippen molar-refractivity contribution in [2.24, 2.45) is 5.10 Å². The number of hydrogen-bond donors (Lipinski definition) is 1. The third-order valence-electron chi connectivity index (χ3n) is 2.50. The van der Waals surface area contributed by atoms with E-state index in [0.717, 1.165) is 10.6 Å².